The van der Waals surface area contributed by atoms with Crippen LogP contribution in [0.5, 0.6) is 0 Å². The second-order valence-corrected chi connectivity index (χ2v) is 9.79. The smallest absolute Gasteiger partial charge is 0.240 e. The molecule has 2 aliphatic heterocycles. The lowest BCUT2D eigenvalue weighted by Gasteiger charge is -2.37. The summed E-state index contributed by atoms with van der Waals surface area (Å²) in [5.74, 6) is 0.0619. The maximum absolute atomic E-state index is 13.1. The van der Waals surface area contributed by atoms with Crippen molar-refractivity contribution >= 4 is 21.6 Å². The van der Waals surface area contributed by atoms with Gasteiger partial charge in [0, 0.05) is 43.8 Å². The Balaban J connectivity index is 1.55. The molecule has 0 bridgehead atoms. The fraction of sp³-hybridized carbons (Fsp3) is 0.435. The predicted molar refractivity (Wildman–Crippen MR) is 116 cm³/mol. The topological polar surface area (TPSA) is 75.7 Å². The van der Waals surface area contributed by atoms with Crippen LogP contribution < -0.4 is 9.62 Å². The van der Waals surface area contributed by atoms with Gasteiger partial charge in [0.15, 0.2) is 0 Å². The highest BCUT2D eigenvalue weighted by molar-refractivity contribution is 7.89. The molecule has 4 rings (SSSR count). The van der Waals surface area contributed by atoms with E-state index in [0.29, 0.717) is 39.1 Å². The highest BCUT2D eigenvalue weighted by Gasteiger charge is 2.36. The fourth-order valence-corrected chi connectivity index (χ4v) is 5.61. The zero-order chi connectivity index (χ0) is 21.2. The third-order valence-electron chi connectivity index (χ3n) is 6.30. The van der Waals surface area contributed by atoms with Gasteiger partial charge in [-0.1, -0.05) is 37.3 Å². The molecule has 0 unspecified atom stereocenters. The van der Waals surface area contributed by atoms with Gasteiger partial charge in [0.05, 0.1) is 4.90 Å². The molecular formula is C23H28N2O4S. The summed E-state index contributed by atoms with van der Waals surface area (Å²) in [5.41, 5.74) is 2.60. The second-order valence-electron chi connectivity index (χ2n) is 8.02. The highest BCUT2D eigenvalue weighted by atomic mass is 32.2. The Morgan fingerprint density at radius 1 is 1.13 bits per heavy atom. The first-order valence-electron chi connectivity index (χ1n) is 10.5. The normalized spacial score (nSPS) is 18.2. The van der Waals surface area contributed by atoms with Gasteiger partial charge in [0.2, 0.25) is 15.9 Å². The minimum atomic E-state index is -3.66. The van der Waals surface area contributed by atoms with Crippen LogP contribution in [0.4, 0.5) is 5.69 Å². The van der Waals surface area contributed by atoms with Crippen LogP contribution in [0.15, 0.2) is 53.4 Å². The molecule has 160 valence electrons. The van der Waals surface area contributed by atoms with E-state index in [9.17, 15) is 13.2 Å². The Labute approximate surface area is 178 Å². The number of amides is 1. The zero-order valence-corrected chi connectivity index (χ0v) is 18.1. The molecule has 0 aliphatic carbocycles. The molecule has 0 radical (unpaired) electrons. The van der Waals surface area contributed by atoms with Gasteiger partial charge in [0.1, 0.15) is 0 Å². The van der Waals surface area contributed by atoms with Crippen molar-refractivity contribution in [3.63, 3.8) is 0 Å². The highest BCUT2D eigenvalue weighted by Crippen LogP contribution is 2.35. The number of rotatable bonds is 6. The van der Waals surface area contributed by atoms with E-state index in [1.807, 2.05) is 25.1 Å². The number of nitrogens with zero attached hydrogens (tertiary/aromatic N) is 1. The van der Waals surface area contributed by atoms with Crippen molar-refractivity contribution < 1.29 is 17.9 Å². The number of anilines is 1. The van der Waals surface area contributed by atoms with Crippen LogP contribution in [0, 0.1) is 0 Å². The number of sulfonamides is 1. The largest absolute Gasteiger partial charge is 0.381 e. The molecule has 6 nitrogen and oxygen atoms in total. The molecule has 2 aromatic rings. The van der Waals surface area contributed by atoms with Crippen molar-refractivity contribution in [1.29, 1.82) is 0 Å². The number of ether oxygens (including phenoxy) is 1. The van der Waals surface area contributed by atoms with E-state index in [1.54, 1.807) is 23.1 Å². The molecule has 1 amide bonds. The molecule has 2 aromatic carbocycles. The van der Waals surface area contributed by atoms with Crippen LogP contribution in [0.2, 0.25) is 0 Å². The summed E-state index contributed by atoms with van der Waals surface area (Å²) in [7, 11) is -3.66. The predicted octanol–water partition coefficient (Wildman–Crippen LogP) is 3.01. The first-order valence-corrected chi connectivity index (χ1v) is 12.0. The molecule has 2 aliphatic rings. The summed E-state index contributed by atoms with van der Waals surface area (Å²) in [6.07, 6.45) is 2.66. The average molecular weight is 429 g/mol. The summed E-state index contributed by atoms with van der Waals surface area (Å²) in [6, 6.07) is 15.1. The van der Waals surface area contributed by atoms with Crippen LogP contribution in [0.1, 0.15) is 37.3 Å². The van der Waals surface area contributed by atoms with Gasteiger partial charge in [-0.2, -0.15) is 0 Å². The molecule has 7 heteroatoms. The third kappa shape index (κ3) is 4.02. The fourth-order valence-electron chi connectivity index (χ4n) is 4.43. The van der Waals surface area contributed by atoms with Crippen molar-refractivity contribution in [2.45, 2.75) is 42.9 Å². The molecule has 30 heavy (non-hydrogen) atoms. The lowest BCUT2D eigenvalue weighted by atomic mass is 9.74. The van der Waals surface area contributed by atoms with E-state index in [2.05, 4.69) is 16.9 Å². The van der Waals surface area contributed by atoms with E-state index in [1.165, 1.54) is 0 Å². The van der Waals surface area contributed by atoms with Crippen LogP contribution in [-0.4, -0.2) is 40.6 Å². The van der Waals surface area contributed by atoms with Gasteiger partial charge < -0.3 is 9.64 Å². The molecule has 0 atom stereocenters. The van der Waals surface area contributed by atoms with Crippen molar-refractivity contribution in [3.05, 3.63) is 59.7 Å². The van der Waals surface area contributed by atoms with Crippen LogP contribution in [0.3, 0.4) is 0 Å². The van der Waals surface area contributed by atoms with Crippen LogP contribution in [-0.2, 0) is 31.4 Å². The van der Waals surface area contributed by atoms with E-state index < -0.39 is 10.0 Å². The van der Waals surface area contributed by atoms with Crippen molar-refractivity contribution in [2.24, 2.45) is 0 Å². The van der Waals surface area contributed by atoms with Gasteiger partial charge in [0.25, 0.3) is 0 Å². The molecule has 1 fully saturated rings. The standard InChI is InChI=1S/C23H28N2O4S/c1-2-22(26)25-13-10-18-16-20(8-9-21(18)25)30(27,28)24-17-23(11-14-29-15-12-23)19-6-4-3-5-7-19/h3-9,16,24H,2,10-15,17H2,1H3. The minimum absolute atomic E-state index is 0.0619. The average Bonchev–Trinajstić information content (AvgIpc) is 3.22. The van der Waals surface area contributed by atoms with Crippen LogP contribution in [0.25, 0.3) is 0 Å². The summed E-state index contributed by atoms with van der Waals surface area (Å²) >= 11 is 0. The SMILES string of the molecule is CCC(=O)N1CCc2cc(S(=O)(=O)NCC3(c4ccccc4)CCOCC3)ccc21. The van der Waals surface area contributed by atoms with Crippen molar-refractivity contribution in [1.82, 2.24) is 4.72 Å². The number of benzene rings is 2. The Morgan fingerprint density at radius 2 is 1.87 bits per heavy atom. The maximum Gasteiger partial charge on any atom is 0.240 e. The Morgan fingerprint density at radius 3 is 2.57 bits per heavy atom. The number of carbonyl (C=O) groups excluding carboxylic acids is 1. The van der Waals surface area contributed by atoms with Gasteiger partial charge >= 0.3 is 0 Å². The Bertz CT molecular complexity index is 1010. The minimum Gasteiger partial charge on any atom is -0.381 e. The Hall–Kier alpha value is -2.22. The van der Waals surface area contributed by atoms with Crippen LogP contribution >= 0.6 is 0 Å². The molecule has 0 spiro atoms. The van der Waals surface area contributed by atoms with Gasteiger partial charge in [-0.15, -0.1) is 0 Å². The molecule has 1 saturated heterocycles. The number of fused-ring (bicyclic) bond motifs is 1. The lowest BCUT2D eigenvalue weighted by molar-refractivity contribution is -0.118. The van der Waals surface area contributed by atoms with E-state index in [4.69, 9.17) is 4.74 Å². The lowest BCUT2D eigenvalue weighted by Crippen LogP contribution is -2.44. The number of hydrogen-bond acceptors (Lipinski definition) is 4. The molecule has 0 aromatic heterocycles. The molecule has 2 heterocycles. The van der Waals surface area contributed by atoms with Gasteiger partial charge in [-0.3, -0.25) is 4.79 Å². The first kappa shape index (κ1) is 21.0. The van der Waals surface area contributed by atoms with E-state index in [0.717, 1.165) is 29.7 Å². The summed E-state index contributed by atoms with van der Waals surface area (Å²) < 4.78 is 34.6. The quantitative estimate of drug-likeness (QED) is 0.767. The molecular weight excluding hydrogens is 400 g/mol. The molecule has 0 saturated carbocycles. The zero-order valence-electron chi connectivity index (χ0n) is 17.3. The maximum atomic E-state index is 13.1. The monoisotopic (exact) mass is 428 g/mol. The second kappa shape index (κ2) is 8.49. The molecule has 1 N–H and O–H groups in total. The van der Waals surface area contributed by atoms with Gasteiger partial charge in [-0.05, 0) is 48.6 Å². The first-order chi connectivity index (χ1) is 14.5. The van der Waals surface area contributed by atoms with Gasteiger partial charge in [-0.25, -0.2) is 13.1 Å². The Kier molecular flexibility index (Phi) is 5.95. The summed E-state index contributed by atoms with van der Waals surface area (Å²) in [6.45, 7) is 4.02. The van der Waals surface area contributed by atoms with Crippen molar-refractivity contribution in [2.75, 3.05) is 31.2 Å². The van der Waals surface area contributed by atoms with Crippen molar-refractivity contribution in [3.8, 4) is 0 Å². The number of carbonyl (C=O) groups is 1. The summed E-state index contributed by atoms with van der Waals surface area (Å²) in [4.78, 5) is 14.1. The summed E-state index contributed by atoms with van der Waals surface area (Å²) in [5, 5.41) is 0. The van der Waals surface area contributed by atoms with E-state index >= 15 is 0 Å². The third-order valence-corrected chi connectivity index (χ3v) is 7.70. The number of nitrogens with one attached hydrogen (secondary N) is 1. The number of hydrogen-bond donors (Lipinski definition) is 1. The van der Waals surface area contributed by atoms with E-state index in [-0.39, 0.29) is 16.2 Å².